The molecule has 3 rings (SSSR count). The van der Waals surface area contributed by atoms with E-state index in [4.69, 9.17) is 0 Å². The van der Waals surface area contributed by atoms with Crippen LogP contribution in [-0.4, -0.2) is 12.1 Å². The smallest absolute Gasteiger partial charge is 0.0139 e. The van der Waals surface area contributed by atoms with Crippen molar-refractivity contribution in [2.45, 2.75) is 37.3 Å². The predicted molar refractivity (Wildman–Crippen MR) is 53.7 cm³/mol. The van der Waals surface area contributed by atoms with Crippen molar-refractivity contribution in [1.29, 1.82) is 0 Å². The highest BCUT2D eigenvalue weighted by Crippen LogP contribution is 2.39. The van der Waals surface area contributed by atoms with Crippen LogP contribution in [0.15, 0.2) is 30.3 Å². The fourth-order valence-corrected chi connectivity index (χ4v) is 2.89. The van der Waals surface area contributed by atoms with Gasteiger partial charge in [-0.1, -0.05) is 30.3 Å². The maximum Gasteiger partial charge on any atom is 0.0139 e. The number of rotatable bonds is 1. The van der Waals surface area contributed by atoms with Gasteiger partial charge in [-0.3, -0.25) is 0 Å². The first-order valence-corrected chi connectivity index (χ1v) is 5.24. The lowest BCUT2D eigenvalue weighted by Crippen LogP contribution is -2.21. The topological polar surface area (TPSA) is 12.0 Å². The van der Waals surface area contributed by atoms with Crippen LogP contribution < -0.4 is 5.32 Å². The summed E-state index contributed by atoms with van der Waals surface area (Å²) in [5, 5.41) is 3.68. The van der Waals surface area contributed by atoms with Crippen molar-refractivity contribution in [3.63, 3.8) is 0 Å². The Balaban J connectivity index is 1.87. The first-order valence-electron chi connectivity index (χ1n) is 5.24. The van der Waals surface area contributed by atoms with Crippen LogP contribution in [0.2, 0.25) is 0 Å². The van der Waals surface area contributed by atoms with Gasteiger partial charge in [0.05, 0.1) is 0 Å². The van der Waals surface area contributed by atoms with E-state index in [1.54, 1.807) is 0 Å². The molecule has 2 heterocycles. The lowest BCUT2D eigenvalue weighted by Gasteiger charge is -2.20. The van der Waals surface area contributed by atoms with Crippen molar-refractivity contribution >= 4 is 0 Å². The van der Waals surface area contributed by atoms with E-state index in [0.717, 1.165) is 18.0 Å². The minimum absolute atomic E-state index is 0.771. The average Bonchev–Trinajstić information content (AvgIpc) is 2.80. The molecule has 68 valence electrons. The molecule has 0 radical (unpaired) electrons. The summed E-state index contributed by atoms with van der Waals surface area (Å²) in [5.41, 5.74) is 1.53. The molecule has 3 atom stereocenters. The van der Waals surface area contributed by atoms with E-state index in [1.165, 1.54) is 24.8 Å². The number of hydrogen-bond donors (Lipinski definition) is 1. The molecule has 0 saturated carbocycles. The summed E-state index contributed by atoms with van der Waals surface area (Å²) in [4.78, 5) is 0. The molecule has 2 bridgehead atoms. The van der Waals surface area contributed by atoms with Gasteiger partial charge in [0.1, 0.15) is 0 Å². The van der Waals surface area contributed by atoms with Gasteiger partial charge in [0.2, 0.25) is 0 Å². The minimum atomic E-state index is 0.771. The molecule has 0 amide bonds. The number of benzene rings is 1. The molecule has 0 spiro atoms. The van der Waals surface area contributed by atoms with Crippen LogP contribution in [0.4, 0.5) is 0 Å². The molecule has 1 N–H and O–H groups in total. The molecule has 2 saturated heterocycles. The van der Waals surface area contributed by atoms with Gasteiger partial charge in [-0.25, -0.2) is 0 Å². The van der Waals surface area contributed by atoms with Crippen LogP contribution in [0, 0.1) is 0 Å². The standard InChI is InChI=1S/C12H15N/c1-2-4-9(5-3-1)11-8-10-6-7-12(11)13-10/h1-5,10-13H,6-8H2/t10-,11-,12-/m1/s1. The van der Waals surface area contributed by atoms with Crippen LogP contribution in [0.25, 0.3) is 0 Å². The molecule has 1 aromatic rings. The molecule has 1 nitrogen and oxygen atoms in total. The van der Waals surface area contributed by atoms with Gasteiger partial charge in [0.15, 0.2) is 0 Å². The summed E-state index contributed by atoms with van der Waals surface area (Å²) in [6.45, 7) is 0. The number of fused-ring (bicyclic) bond motifs is 2. The normalized spacial score (nSPS) is 36.8. The summed E-state index contributed by atoms with van der Waals surface area (Å²) in [5.74, 6) is 0.792. The third-order valence-electron chi connectivity index (χ3n) is 3.53. The first-order chi connectivity index (χ1) is 6.43. The van der Waals surface area contributed by atoms with Crippen LogP contribution >= 0.6 is 0 Å². The molecule has 2 aliphatic rings. The minimum Gasteiger partial charge on any atom is -0.311 e. The molecule has 0 aromatic heterocycles. The Kier molecular flexibility index (Phi) is 1.66. The molecule has 2 aliphatic heterocycles. The summed E-state index contributed by atoms with van der Waals surface area (Å²) >= 11 is 0. The Bertz CT molecular complexity index is 293. The van der Waals surface area contributed by atoms with Crippen molar-refractivity contribution < 1.29 is 0 Å². The zero-order valence-electron chi connectivity index (χ0n) is 7.74. The highest BCUT2D eigenvalue weighted by atomic mass is 15.0. The number of nitrogens with one attached hydrogen (secondary N) is 1. The van der Waals surface area contributed by atoms with E-state index in [-0.39, 0.29) is 0 Å². The summed E-state index contributed by atoms with van der Waals surface area (Å²) in [6, 6.07) is 12.5. The van der Waals surface area contributed by atoms with E-state index in [2.05, 4.69) is 35.6 Å². The van der Waals surface area contributed by atoms with Gasteiger partial charge in [-0.15, -0.1) is 0 Å². The van der Waals surface area contributed by atoms with Crippen molar-refractivity contribution in [1.82, 2.24) is 5.32 Å². The van der Waals surface area contributed by atoms with Gasteiger partial charge in [-0.2, -0.15) is 0 Å². The second-order valence-corrected chi connectivity index (χ2v) is 4.30. The largest absolute Gasteiger partial charge is 0.311 e. The zero-order valence-corrected chi connectivity index (χ0v) is 7.74. The van der Waals surface area contributed by atoms with Crippen LogP contribution in [-0.2, 0) is 0 Å². The molecule has 1 aromatic carbocycles. The lowest BCUT2D eigenvalue weighted by molar-refractivity contribution is 0.506. The van der Waals surface area contributed by atoms with Crippen molar-refractivity contribution in [2.75, 3.05) is 0 Å². The molecule has 2 fully saturated rings. The average molecular weight is 173 g/mol. The summed E-state index contributed by atoms with van der Waals surface area (Å²) in [7, 11) is 0. The Morgan fingerprint density at radius 1 is 1.08 bits per heavy atom. The van der Waals surface area contributed by atoms with Crippen molar-refractivity contribution in [2.24, 2.45) is 0 Å². The third-order valence-corrected chi connectivity index (χ3v) is 3.53. The van der Waals surface area contributed by atoms with Crippen LogP contribution in [0.5, 0.6) is 0 Å². The molecule has 1 heteroatoms. The fourth-order valence-electron chi connectivity index (χ4n) is 2.89. The second kappa shape index (κ2) is 2.85. The monoisotopic (exact) mass is 173 g/mol. The molecule has 0 aliphatic carbocycles. The van der Waals surface area contributed by atoms with Gasteiger partial charge in [-0.05, 0) is 24.8 Å². The van der Waals surface area contributed by atoms with E-state index in [1.807, 2.05) is 0 Å². The summed E-state index contributed by atoms with van der Waals surface area (Å²) < 4.78 is 0. The second-order valence-electron chi connectivity index (χ2n) is 4.30. The lowest BCUT2D eigenvalue weighted by atomic mass is 9.84. The SMILES string of the molecule is c1ccc([C@H]2C[C@H]3CC[C@H]2N3)cc1. The zero-order chi connectivity index (χ0) is 8.67. The molecule has 13 heavy (non-hydrogen) atoms. The van der Waals surface area contributed by atoms with Gasteiger partial charge in [0.25, 0.3) is 0 Å². The maximum atomic E-state index is 3.68. The van der Waals surface area contributed by atoms with Crippen molar-refractivity contribution in [3.8, 4) is 0 Å². The Hall–Kier alpha value is -0.820. The van der Waals surface area contributed by atoms with Crippen LogP contribution in [0.3, 0.4) is 0 Å². The van der Waals surface area contributed by atoms with E-state index >= 15 is 0 Å². The molecular weight excluding hydrogens is 158 g/mol. The highest BCUT2D eigenvalue weighted by Gasteiger charge is 2.39. The first kappa shape index (κ1) is 7.57. The summed E-state index contributed by atoms with van der Waals surface area (Å²) in [6.07, 6.45) is 4.13. The third kappa shape index (κ3) is 1.19. The van der Waals surface area contributed by atoms with Gasteiger partial charge in [0, 0.05) is 18.0 Å². The Morgan fingerprint density at radius 2 is 1.92 bits per heavy atom. The highest BCUT2D eigenvalue weighted by molar-refractivity contribution is 5.24. The quantitative estimate of drug-likeness (QED) is 0.687. The fraction of sp³-hybridized carbons (Fsp3) is 0.500. The Labute approximate surface area is 79.2 Å². The van der Waals surface area contributed by atoms with E-state index in [9.17, 15) is 0 Å². The Morgan fingerprint density at radius 3 is 2.54 bits per heavy atom. The van der Waals surface area contributed by atoms with Gasteiger partial charge < -0.3 is 5.32 Å². The number of hydrogen-bond acceptors (Lipinski definition) is 1. The predicted octanol–water partition coefficient (Wildman–Crippen LogP) is 2.29. The van der Waals surface area contributed by atoms with E-state index in [0.29, 0.717) is 0 Å². The van der Waals surface area contributed by atoms with Crippen LogP contribution in [0.1, 0.15) is 30.7 Å². The van der Waals surface area contributed by atoms with E-state index < -0.39 is 0 Å². The molecule has 0 unspecified atom stereocenters. The molecular formula is C12H15N. The maximum absolute atomic E-state index is 3.68. The van der Waals surface area contributed by atoms with Gasteiger partial charge >= 0.3 is 0 Å². The van der Waals surface area contributed by atoms with Crippen molar-refractivity contribution in [3.05, 3.63) is 35.9 Å².